The molecule has 9 rings (SSSR count). The highest BCUT2D eigenvalue weighted by molar-refractivity contribution is 5.77. The number of piperidine rings is 2. The van der Waals surface area contributed by atoms with E-state index >= 15 is 0 Å². The molecule has 3 N–H and O–H groups in total. The zero-order valence-corrected chi connectivity index (χ0v) is 34.9. The Balaban J connectivity index is 0.799. The van der Waals surface area contributed by atoms with Gasteiger partial charge in [0.05, 0.1) is 40.3 Å². The second kappa shape index (κ2) is 19.1. The first-order valence-corrected chi connectivity index (χ1v) is 23.6. The number of likely N-dealkylation sites (tertiary alicyclic amines) is 2. The first-order valence-electron chi connectivity index (χ1n) is 23.6. The molecule has 2 saturated carbocycles. The van der Waals surface area contributed by atoms with Gasteiger partial charge in [-0.05, 0) is 107 Å². The van der Waals surface area contributed by atoms with Crippen molar-refractivity contribution in [2.45, 2.75) is 152 Å². The van der Waals surface area contributed by atoms with Gasteiger partial charge in [-0.25, -0.2) is 9.97 Å². The van der Waals surface area contributed by atoms with Gasteiger partial charge in [0, 0.05) is 64.3 Å². The van der Waals surface area contributed by atoms with Crippen LogP contribution in [0, 0.1) is 11.8 Å². The third-order valence-electron chi connectivity index (χ3n) is 14.8. The van der Waals surface area contributed by atoms with Crippen molar-refractivity contribution in [3.63, 3.8) is 0 Å². The average molecular weight is 777 g/mol. The fourth-order valence-electron chi connectivity index (χ4n) is 11.8. The van der Waals surface area contributed by atoms with Crippen LogP contribution >= 0.6 is 0 Å². The Morgan fingerprint density at radius 3 is 1.86 bits per heavy atom. The van der Waals surface area contributed by atoms with E-state index < -0.39 is 0 Å². The lowest BCUT2D eigenvalue weighted by molar-refractivity contribution is -0.0273. The predicted octanol–water partition coefficient (Wildman–Crippen LogP) is 8.98. The van der Waals surface area contributed by atoms with Crippen LogP contribution in [0.1, 0.15) is 145 Å². The van der Waals surface area contributed by atoms with Crippen molar-refractivity contribution in [1.82, 2.24) is 34.2 Å². The Hall–Kier alpha value is -2.82. The minimum absolute atomic E-state index is 0.249. The van der Waals surface area contributed by atoms with Crippen LogP contribution < -0.4 is 11.1 Å². The summed E-state index contributed by atoms with van der Waals surface area (Å²) < 4.78 is 12.3. The van der Waals surface area contributed by atoms with Crippen LogP contribution in [-0.4, -0.2) is 93.5 Å². The molecule has 5 heterocycles. The molecule has 2 aliphatic carbocycles. The van der Waals surface area contributed by atoms with Crippen LogP contribution in [0.5, 0.6) is 0 Å². The Morgan fingerprint density at radius 1 is 0.596 bits per heavy atom. The summed E-state index contributed by atoms with van der Waals surface area (Å²) in [6.07, 6.45) is 25.1. The number of imidazole rings is 2. The van der Waals surface area contributed by atoms with Gasteiger partial charge in [0.2, 0.25) is 0 Å². The molecule has 9 heteroatoms. The zero-order valence-electron chi connectivity index (χ0n) is 34.9. The van der Waals surface area contributed by atoms with Gasteiger partial charge in [0.15, 0.2) is 0 Å². The summed E-state index contributed by atoms with van der Waals surface area (Å²) in [5.41, 5.74) is 10.9. The quantitative estimate of drug-likeness (QED) is 0.157. The molecule has 57 heavy (non-hydrogen) atoms. The summed E-state index contributed by atoms with van der Waals surface area (Å²) in [7, 11) is 0. The average Bonchev–Trinajstić information content (AvgIpc) is 3.94. The van der Waals surface area contributed by atoms with E-state index in [1.54, 1.807) is 0 Å². The van der Waals surface area contributed by atoms with E-state index in [9.17, 15) is 0 Å². The molecule has 4 atom stereocenters. The predicted molar refractivity (Wildman–Crippen MR) is 233 cm³/mol. The van der Waals surface area contributed by atoms with Crippen molar-refractivity contribution in [2.75, 3.05) is 52.4 Å². The number of nitrogens with one attached hydrogen (secondary N) is 1. The highest BCUT2D eigenvalue weighted by Gasteiger charge is 2.35. The van der Waals surface area contributed by atoms with Crippen LogP contribution in [0.2, 0.25) is 0 Å². The highest BCUT2D eigenvalue weighted by Crippen LogP contribution is 2.37. The van der Waals surface area contributed by atoms with Crippen LogP contribution in [0.25, 0.3) is 22.1 Å². The van der Waals surface area contributed by atoms with Gasteiger partial charge in [-0.2, -0.15) is 0 Å². The largest absolute Gasteiger partial charge is 0.374 e. The SMILES string of the molecule is NCCc1nc2ccccc2n1C1CCN(CC2CCCCCC(OC3CNC(c4nc5ccccc5n4C4CCN(CC5CCCCCCC5)CC4)C3)C2)CC1. The number of fused-ring (bicyclic) bond motifs is 2. The Kier molecular flexibility index (Phi) is 13.2. The summed E-state index contributed by atoms with van der Waals surface area (Å²) in [6.45, 7) is 8.86. The molecule has 0 amide bonds. The Labute approximate surface area is 342 Å². The summed E-state index contributed by atoms with van der Waals surface area (Å²) >= 11 is 0. The smallest absolute Gasteiger partial charge is 0.127 e. The van der Waals surface area contributed by atoms with E-state index in [4.69, 9.17) is 20.4 Å². The van der Waals surface area contributed by atoms with Crippen molar-refractivity contribution < 1.29 is 4.74 Å². The molecular formula is C48H72N8O. The standard InChI is InChI=1S/C48H72N8O/c49-26-21-47-51-42-17-9-11-19-45(42)55(47)38-22-27-54(28-23-38)35-37-15-7-4-8-16-40(31-37)57-41-32-44(50-33-41)48-52-43-18-10-12-20-46(43)56(48)39-24-29-53(30-25-39)34-36-13-5-2-1-3-6-14-36/h9-12,17-20,36-41,44,50H,1-8,13-16,21-35,49H2. The molecule has 0 bridgehead atoms. The normalized spacial score (nSPS) is 27.5. The fraction of sp³-hybridized carbons (Fsp3) is 0.708. The van der Waals surface area contributed by atoms with Gasteiger partial charge >= 0.3 is 0 Å². The number of nitrogens with zero attached hydrogens (tertiary/aromatic N) is 6. The van der Waals surface area contributed by atoms with Gasteiger partial charge in [0.1, 0.15) is 11.6 Å². The van der Waals surface area contributed by atoms with E-state index in [0.717, 1.165) is 55.3 Å². The molecule has 3 aliphatic heterocycles. The number of ether oxygens (including phenoxy) is 1. The first-order chi connectivity index (χ1) is 28.2. The zero-order chi connectivity index (χ0) is 38.4. The minimum atomic E-state index is 0.249. The Bertz CT molecular complexity index is 1850. The highest BCUT2D eigenvalue weighted by atomic mass is 16.5. The molecule has 0 radical (unpaired) electrons. The summed E-state index contributed by atoms with van der Waals surface area (Å²) in [5, 5.41) is 3.93. The molecular weight excluding hydrogens is 705 g/mol. The van der Waals surface area contributed by atoms with Crippen molar-refractivity contribution in [2.24, 2.45) is 17.6 Å². The molecule has 4 aromatic rings. The van der Waals surface area contributed by atoms with Gasteiger partial charge in [-0.3, -0.25) is 0 Å². The van der Waals surface area contributed by atoms with Gasteiger partial charge in [-0.1, -0.05) is 75.6 Å². The molecule has 5 fully saturated rings. The summed E-state index contributed by atoms with van der Waals surface area (Å²) in [6, 6.07) is 18.8. The number of rotatable bonds is 11. The van der Waals surface area contributed by atoms with Crippen LogP contribution in [0.15, 0.2) is 48.5 Å². The van der Waals surface area contributed by atoms with E-state index in [-0.39, 0.29) is 12.1 Å². The number of hydrogen-bond donors (Lipinski definition) is 2. The van der Waals surface area contributed by atoms with Crippen LogP contribution in [0.3, 0.4) is 0 Å². The summed E-state index contributed by atoms with van der Waals surface area (Å²) in [4.78, 5) is 15.9. The second-order valence-corrected chi connectivity index (χ2v) is 18.8. The van der Waals surface area contributed by atoms with Crippen molar-refractivity contribution in [1.29, 1.82) is 0 Å². The van der Waals surface area contributed by atoms with Gasteiger partial charge in [-0.15, -0.1) is 0 Å². The number of nitrogens with two attached hydrogens (primary N) is 1. The maximum Gasteiger partial charge on any atom is 0.127 e. The van der Waals surface area contributed by atoms with E-state index in [2.05, 4.69) is 72.8 Å². The van der Waals surface area contributed by atoms with Crippen molar-refractivity contribution in [3.05, 3.63) is 60.2 Å². The minimum Gasteiger partial charge on any atom is -0.374 e. The second-order valence-electron chi connectivity index (χ2n) is 18.8. The van der Waals surface area contributed by atoms with Crippen molar-refractivity contribution in [3.8, 4) is 0 Å². The molecule has 9 nitrogen and oxygen atoms in total. The number of benzene rings is 2. The number of para-hydroxylation sites is 4. The molecule has 2 aromatic heterocycles. The maximum atomic E-state index is 7.12. The van der Waals surface area contributed by atoms with Gasteiger partial charge < -0.3 is 34.7 Å². The maximum absolute atomic E-state index is 7.12. The third kappa shape index (κ3) is 9.49. The van der Waals surface area contributed by atoms with E-state index in [0.29, 0.717) is 30.7 Å². The lowest BCUT2D eigenvalue weighted by Gasteiger charge is -2.37. The third-order valence-corrected chi connectivity index (χ3v) is 14.8. The topological polar surface area (TPSA) is 89.4 Å². The van der Waals surface area contributed by atoms with Gasteiger partial charge in [0.25, 0.3) is 0 Å². The fourth-order valence-corrected chi connectivity index (χ4v) is 11.8. The Morgan fingerprint density at radius 2 is 1.16 bits per heavy atom. The first kappa shape index (κ1) is 39.6. The molecule has 0 spiro atoms. The van der Waals surface area contributed by atoms with Crippen molar-refractivity contribution >= 4 is 22.1 Å². The lowest BCUT2D eigenvalue weighted by Crippen LogP contribution is -2.39. The van der Waals surface area contributed by atoms with E-state index in [1.807, 2.05) is 0 Å². The number of aromatic nitrogens is 4. The number of hydrogen-bond acceptors (Lipinski definition) is 7. The molecule has 3 saturated heterocycles. The van der Waals surface area contributed by atoms with Crippen LogP contribution in [-0.2, 0) is 11.2 Å². The molecule has 310 valence electrons. The molecule has 4 unspecified atom stereocenters. The molecule has 5 aliphatic rings. The molecule has 2 aromatic carbocycles. The van der Waals surface area contributed by atoms with Crippen LogP contribution in [0.4, 0.5) is 0 Å². The lowest BCUT2D eigenvalue weighted by atomic mass is 9.88. The monoisotopic (exact) mass is 777 g/mol. The van der Waals surface area contributed by atoms with E-state index in [1.165, 1.54) is 152 Å². The summed E-state index contributed by atoms with van der Waals surface area (Å²) in [5.74, 6) is 4.02.